The standard InChI is InChI=1S/C24H31N3O2/c1-3-23(28)25-22(17-20-11-9-19(2)10-12-20)24(29)27-15-13-26(14-16-27)18-21-7-5-4-6-8-21/h4-12,22H,3,13-18H2,1-2H3,(H,25,28). The lowest BCUT2D eigenvalue weighted by Gasteiger charge is -2.36. The molecule has 5 heteroatoms. The van der Waals surface area contributed by atoms with Crippen LogP contribution in [0.1, 0.15) is 30.0 Å². The Morgan fingerprint density at radius 1 is 0.931 bits per heavy atom. The molecule has 2 amide bonds. The van der Waals surface area contributed by atoms with Gasteiger partial charge in [-0.25, -0.2) is 0 Å². The second kappa shape index (κ2) is 10.2. The van der Waals surface area contributed by atoms with Crippen LogP contribution < -0.4 is 5.32 Å². The lowest BCUT2D eigenvalue weighted by molar-refractivity contribution is -0.138. The van der Waals surface area contributed by atoms with Gasteiger partial charge in [-0.15, -0.1) is 0 Å². The molecule has 0 aromatic heterocycles. The van der Waals surface area contributed by atoms with E-state index in [0.29, 0.717) is 25.9 Å². The maximum absolute atomic E-state index is 13.2. The number of carbonyl (C=O) groups is 2. The van der Waals surface area contributed by atoms with Gasteiger partial charge in [-0.2, -0.15) is 0 Å². The Balaban J connectivity index is 1.60. The molecule has 2 aromatic carbocycles. The zero-order valence-electron chi connectivity index (χ0n) is 17.4. The van der Waals surface area contributed by atoms with E-state index in [9.17, 15) is 9.59 Å². The highest BCUT2D eigenvalue weighted by Crippen LogP contribution is 2.12. The topological polar surface area (TPSA) is 52.7 Å². The Labute approximate surface area is 173 Å². The summed E-state index contributed by atoms with van der Waals surface area (Å²) in [6.45, 7) is 7.84. The van der Waals surface area contributed by atoms with Gasteiger partial charge in [0.05, 0.1) is 0 Å². The van der Waals surface area contributed by atoms with E-state index in [2.05, 4.69) is 34.5 Å². The highest BCUT2D eigenvalue weighted by Gasteiger charge is 2.28. The zero-order valence-corrected chi connectivity index (χ0v) is 17.4. The summed E-state index contributed by atoms with van der Waals surface area (Å²) >= 11 is 0. The molecule has 0 saturated carbocycles. The van der Waals surface area contributed by atoms with E-state index >= 15 is 0 Å². The van der Waals surface area contributed by atoms with Gasteiger partial charge in [0.1, 0.15) is 6.04 Å². The normalized spacial score (nSPS) is 15.7. The summed E-state index contributed by atoms with van der Waals surface area (Å²) in [5.74, 6) is -0.0649. The minimum absolute atomic E-state index is 0.0201. The molecule has 1 unspecified atom stereocenters. The Bertz CT molecular complexity index is 797. The average molecular weight is 394 g/mol. The molecule has 1 N–H and O–H groups in total. The van der Waals surface area contributed by atoms with Crippen molar-refractivity contribution < 1.29 is 9.59 Å². The van der Waals surface area contributed by atoms with E-state index in [1.165, 1.54) is 11.1 Å². The first-order valence-electron chi connectivity index (χ1n) is 10.4. The van der Waals surface area contributed by atoms with Gasteiger partial charge in [0.25, 0.3) is 0 Å². The summed E-state index contributed by atoms with van der Waals surface area (Å²) < 4.78 is 0. The smallest absolute Gasteiger partial charge is 0.245 e. The number of hydrogen-bond acceptors (Lipinski definition) is 3. The molecule has 1 aliphatic rings. The van der Waals surface area contributed by atoms with Crippen molar-refractivity contribution in [2.24, 2.45) is 0 Å². The molecule has 3 rings (SSSR count). The Kier molecular flexibility index (Phi) is 7.42. The largest absolute Gasteiger partial charge is 0.344 e. The number of aryl methyl sites for hydroxylation is 1. The second-order valence-corrected chi connectivity index (χ2v) is 7.75. The van der Waals surface area contributed by atoms with Crippen LogP contribution >= 0.6 is 0 Å². The number of piperazine rings is 1. The molecule has 1 atom stereocenters. The molecule has 0 bridgehead atoms. The third-order valence-electron chi connectivity index (χ3n) is 5.45. The lowest BCUT2D eigenvalue weighted by atomic mass is 10.0. The predicted molar refractivity (Wildman–Crippen MR) is 115 cm³/mol. The third-order valence-corrected chi connectivity index (χ3v) is 5.45. The van der Waals surface area contributed by atoms with Crippen molar-refractivity contribution in [1.82, 2.24) is 15.1 Å². The molecule has 1 saturated heterocycles. The van der Waals surface area contributed by atoms with Gasteiger partial charge in [0, 0.05) is 45.6 Å². The summed E-state index contributed by atoms with van der Waals surface area (Å²) in [6.07, 6.45) is 0.900. The second-order valence-electron chi connectivity index (χ2n) is 7.75. The van der Waals surface area contributed by atoms with Crippen LogP contribution in [-0.4, -0.2) is 53.8 Å². The first-order chi connectivity index (χ1) is 14.0. The molecule has 0 spiro atoms. The summed E-state index contributed by atoms with van der Waals surface area (Å²) in [5.41, 5.74) is 3.54. The monoisotopic (exact) mass is 393 g/mol. The van der Waals surface area contributed by atoms with Gasteiger partial charge >= 0.3 is 0 Å². The Morgan fingerprint density at radius 2 is 1.59 bits per heavy atom. The number of nitrogens with zero attached hydrogens (tertiary/aromatic N) is 2. The number of nitrogens with one attached hydrogen (secondary N) is 1. The molecule has 1 fully saturated rings. The number of rotatable bonds is 7. The third kappa shape index (κ3) is 6.16. The summed E-state index contributed by atoms with van der Waals surface area (Å²) in [4.78, 5) is 29.5. The molecule has 154 valence electrons. The molecular weight excluding hydrogens is 362 g/mol. The number of amides is 2. The Hall–Kier alpha value is -2.66. The summed E-state index contributed by atoms with van der Waals surface area (Å²) in [5, 5.41) is 2.93. The average Bonchev–Trinajstić information content (AvgIpc) is 2.75. The fourth-order valence-corrected chi connectivity index (χ4v) is 3.64. The summed E-state index contributed by atoms with van der Waals surface area (Å²) in [7, 11) is 0. The van der Waals surface area contributed by atoms with Gasteiger partial charge in [-0.3, -0.25) is 14.5 Å². The molecule has 1 heterocycles. The molecule has 0 aliphatic carbocycles. The van der Waals surface area contributed by atoms with Crippen molar-refractivity contribution >= 4 is 11.8 Å². The van der Waals surface area contributed by atoms with Crippen LogP contribution in [0.2, 0.25) is 0 Å². The van der Waals surface area contributed by atoms with Crippen molar-refractivity contribution in [2.45, 2.75) is 39.3 Å². The van der Waals surface area contributed by atoms with Crippen molar-refractivity contribution in [3.05, 3.63) is 71.3 Å². The van der Waals surface area contributed by atoms with E-state index in [0.717, 1.165) is 25.2 Å². The van der Waals surface area contributed by atoms with E-state index in [1.807, 2.05) is 49.1 Å². The fourth-order valence-electron chi connectivity index (χ4n) is 3.64. The van der Waals surface area contributed by atoms with E-state index in [-0.39, 0.29) is 11.8 Å². The van der Waals surface area contributed by atoms with Gasteiger partial charge in [0.15, 0.2) is 0 Å². The van der Waals surface area contributed by atoms with E-state index in [4.69, 9.17) is 0 Å². The summed E-state index contributed by atoms with van der Waals surface area (Å²) in [6, 6.07) is 18.1. The lowest BCUT2D eigenvalue weighted by Crippen LogP contribution is -2.55. The number of carbonyl (C=O) groups excluding carboxylic acids is 2. The van der Waals surface area contributed by atoms with Crippen LogP contribution in [0, 0.1) is 6.92 Å². The van der Waals surface area contributed by atoms with Gasteiger partial charge in [0.2, 0.25) is 11.8 Å². The first kappa shape index (κ1) is 21.1. The van der Waals surface area contributed by atoms with Gasteiger partial charge < -0.3 is 10.2 Å². The quantitative estimate of drug-likeness (QED) is 0.787. The highest BCUT2D eigenvalue weighted by atomic mass is 16.2. The van der Waals surface area contributed by atoms with Gasteiger partial charge in [-0.05, 0) is 18.1 Å². The van der Waals surface area contributed by atoms with Crippen molar-refractivity contribution in [3.8, 4) is 0 Å². The highest BCUT2D eigenvalue weighted by molar-refractivity contribution is 5.88. The van der Waals surface area contributed by atoms with Crippen LogP contribution in [-0.2, 0) is 22.6 Å². The van der Waals surface area contributed by atoms with Crippen LogP contribution in [0.5, 0.6) is 0 Å². The molecular formula is C24H31N3O2. The zero-order chi connectivity index (χ0) is 20.6. The number of hydrogen-bond donors (Lipinski definition) is 1. The molecule has 5 nitrogen and oxygen atoms in total. The first-order valence-corrected chi connectivity index (χ1v) is 10.4. The van der Waals surface area contributed by atoms with Gasteiger partial charge in [-0.1, -0.05) is 67.1 Å². The molecule has 2 aromatic rings. The Morgan fingerprint density at radius 3 is 2.21 bits per heavy atom. The molecule has 29 heavy (non-hydrogen) atoms. The fraction of sp³-hybridized carbons (Fsp3) is 0.417. The maximum atomic E-state index is 13.2. The maximum Gasteiger partial charge on any atom is 0.245 e. The van der Waals surface area contributed by atoms with Crippen molar-refractivity contribution in [3.63, 3.8) is 0 Å². The van der Waals surface area contributed by atoms with Crippen LogP contribution in [0.25, 0.3) is 0 Å². The minimum atomic E-state index is -0.508. The van der Waals surface area contributed by atoms with Crippen LogP contribution in [0.4, 0.5) is 0 Å². The van der Waals surface area contributed by atoms with E-state index < -0.39 is 6.04 Å². The van der Waals surface area contributed by atoms with Crippen LogP contribution in [0.15, 0.2) is 54.6 Å². The predicted octanol–water partition coefficient (Wildman–Crippen LogP) is 2.78. The number of benzene rings is 2. The van der Waals surface area contributed by atoms with Crippen molar-refractivity contribution in [1.29, 1.82) is 0 Å². The van der Waals surface area contributed by atoms with Crippen molar-refractivity contribution in [2.75, 3.05) is 26.2 Å². The minimum Gasteiger partial charge on any atom is -0.344 e. The van der Waals surface area contributed by atoms with E-state index in [1.54, 1.807) is 0 Å². The molecule has 1 aliphatic heterocycles. The van der Waals surface area contributed by atoms with Crippen LogP contribution in [0.3, 0.4) is 0 Å². The molecule has 0 radical (unpaired) electrons. The SMILES string of the molecule is CCC(=O)NC(Cc1ccc(C)cc1)C(=O)N1CCN(Cc2ccccc2)CC1.